The van der Waals surface area contributed by atoms with Crippen LogP contribution in [0.15, 0.2) is 30.3 Å². The van der Waals surface area contributed by atoms with Gasteiger partial charge in [0.15, 0.2) is 0 Å². The molecule has 0 aliphatic carbocycles. The van der Waals surface area contributed by atoms with Gasteiger partial charge in [0, 0.05) is 18.6 Å². The van der Waals surface area contributed by atoms with E-state index in [1.165, 1.54) is 11.8 Å². The maximum absolute atomic E-state index is 11.3. The Morgan fingerprint density at radius 2 is 1.78 bits per heavy atom. The van der Waals surface area contributed by atoms with E-state index in [4.69, 9.17) is 0 Å². The number of likely N-dealkylation sites (N-methyl/N-ethyl adjacent to an activating group) is 1. The van der Waals surface area contributed by atoms with Crippen molar-refractivity contribution in [1.82, 2.24) is 9.62 Å². The maximum Gasteiger partial charge on any atom is 0.209 e. The van der Waals surface area contributed by atoms with Gasteiger partial charge in [-0.25, -0.2) is 13.1 Å². The third-order valence-electron chi connectivity index (χ3n) is 2.42. The highest BCUT2D eigenvalue weighted by atomic mass is 32.2. The Bertz CT molecular complexity index is 469. The fourth-order valence-corrected chi connectivity index (χ4v) is 3.23. The molecular formula is C13H22N2O2S. The molecule has 102 valence electrons. The highest BCUT2D eigenvalue weighted by molar-refractivity contribution is 7.88. The van der Waals surface area contributed by atoms with Crippen LogP contribution in [0.2, 0.25) is 0 Å². The van der Waals surface area contributed by atoms with Gasteiger partial charge in [-0.15, -0.1) is 0 Å². The molecule has 1 rings (SSSR count). The van der Waals surface area contributed by atoms with Crippen molar-refractivity contribution in [1.29, 1.82) is 0 Å². The van der Waals surface area contributed by atoms with E-state index in [1.54, 1.807) is 0 Å². The molecule has 0 unspecified atom stereocenters. The van der Waals surface area contributed by atoms with Gasteiger partial charge in [-0.2, -0.15) is 0 Å². The van der Waals surface area contributed by atoms with Gasteiger partial charge in [-0.3, -0.25) is 0 Å². The van der Waals surface area contributed by atoms with Crippen LogP contribution in [0.5, 0.6) is 0 Å². The Hall–Kier alpha value is -0.910. The van der Waals surface area contributed by atoms with E-state index >= 15 is 0 Å². The number of benzene rings is 1. The summed E-state index contributed by atoms with van der Waals surface area (Å²) in [5, 5.41) is 0. The Kier molecular flexibility index (Phi) is 4.90. The lowest BCUT2D eigenvalue weighted by molar-refractivity contribution is 0.250. The molecule has 0 saturated carbocycles. The van der Waals surface area contributed by atoms with E-state index in [0.29, 0.717) is 6.54 Å². The monoisotopic (exact) mass is 270 g/mol. The third-order valence-corrected chi connectivity index (χ3v) is 3.35. The van der Waals surface area contributed by atoms with Crippen molar-refractivity contribution in [3.63, 3.8) is 0 Å². The molecule has 0 heterocycles. The molecule has 0 aliphatic heterocycles. The average Bonchev–Trinajstić information content (AvgIpc) is 2.13. The second kappa shape index (κ2) is 5.82. The Labute approximate surface area is 110 Å². The summed E-state index contributed by atoms with van der Waals surface area (Å²) in [5.74, 6) is 0. The minimum Gasteiger partial charge on any atom is -0.300 e. The Morgan fingerprint density at radius 1 is 1.22 bits per heavy atom. The van der Waals surface area contributed by atoms with Crippen LogP contribution in [-0.2, 0) is 16.6 Å². The summed E-state index contributed by atoms with van der Waals surface area (Å²) >= 11 is 0. The fourth-order valence-electron chi connectivity index (χ4n) is 2.16. The molecule has 1 N–H and O–H groups in total. The fraction of sp³-hybridized carbons (Fsp3) is 0.538. The molecule has 5 heteroatoms. The summed E-state index contributed by atoms with van der Waals surface area (Å²) in [6, 6.07) is 10.1. The Balaban J connectivity index is 2.56. The highest BCUT2D eigenvalue weighted by Gasteiger charge is 2.23. The maximum atomic E-state index is 11.3. The number of nitrogens with one attached hydrogen (secondary N) is 1. The predicted octanol–water partition coefficient (Wildman–Crippen LogP) is 1.45. The zero-order valence-corrected chi connectivity index (χ0v) is 12.3. The summed E-state index contributed by atoms with van der Waals surface area (Å²) in [6.45, 7) is 5.22. The zero-order valence-electron chi connectivity index (χ0n) is 11.5. The average molecular weight is 270 g/mol. The third kappa shape index (κ3) is 6.14. The largest absolute Gasteiger partial charge is 0.300 e. The van der Waals surface area contributed by atoms with E-state index < -0.39 is 15.6 Å². The summed E-state index contributed by atoms with van der Waals surface area (Å²) < 4.78 is 25.2. The van der Waals surface area contributed by atoms with E-state index in [9.17, 15) is 8.42 Å². The predicted molar refractivity (Wildman–Crippen MR) is 74.8 cm³/mol. The molecule has 18 heavy (non-hydrogen) atoms. The summed E-state index contributed by atoms with van der Waals surface area (Å²) in [5.41, 5.74) is 0.743. The SMILES string of the molecule is CN(Cc1ccccc1)CC(C)(C)NS(C)(=O)=O. The molecular weight excluding hydrogens is 248 g/mol. The first-order valence-electron chi connectivity index (χ1n) is 5.89. The number of hydrogen-bond acceptors (Lipinski definition) is 3. The molecule has 0 atom stereocenters. The quantitative estimate of drug-likeness (QED) is 0.851. The summed E-state index contributed by atoms with van der Waals surface area (Å²) in [7, 11) is -1.19. The van der Waals surface area contributed by atoms with Crippen LogP contribution in [-0.4, -0.2) is 38.7 Å². The standard InChI is InChI=1S/C13H22N2O2S/c1-13(2,14-18(4,16)17)11-15(3)10-12-8-6-5-7-9-12/h5-9,14H,10-11H2,1-4H3. The molecule has 0 aromatic heterocycles. The molecule has 0 bridgehead atoms. The van der Waals surface area contributed by atoms with Crippen LogP contribution < -0.4 is 4.72 Å². The lowest BCUT2D eigenvalue weighted by atomic mass is 10.1. The smallest absolute Gasteiger partial charge is 0.209 e. The second-order valence-electron chi connectivity index (χ2n) is 5.42. The molecule has 0 spiro atoms. The number of rotatable bonds is 6. The van der Waals surface area contributed by atoms with Crippen molar-refractivity contribution < 1.29 is 8.42 Å². The normalized spacial score (nSPS) is 12.9. The van der Waals surface area contributed by atoms with Crippen molar-refractivity contribution in [2.75, 3.05) is 19.8 Å². The first-order chi connectivity index (χ1) is 8.18. The first-order valence-corrected chi connectivity index (χ1v) is 7.78. The van der Waals surface area contributed by atoms with Gasteiger partial charge in [0.1, 0.15) is 0 Å². The minimum absolute atomic E-state index is 0.475. The highest BCUT2D eigenvalue weighted by Crippen LogP contribution is 2.09. The molecule has 1 aromatic carbocycles. The van der Waals surface area contributed by atoms with Crippen LogP contribution in [0, 0.1) is 0 Å². The molecule has 0 amide bonds. The van der Waals surface area contributed by atoms with Crippen molar-refractivity contribution in [3.05, 3.63) is 35.9 Å². The van der Waals surface area contributed by atoms with Gasteiger partial charge in [0.05, 0.1) is 6.26 Å². The van der Waals surface area contributed by atoms with Crippen LogP contribution in [0.4, 0.5) is 0 Å². The van der Waals surface area contributed by atoms with Crippen LogP contribution >= 0.6 is 0 Å². The second-order valence-corrected chi connectivity index (χ2v) is 7.16. The lowest BCUT2D eigenvalue weighted by Crippen LogP contribution is -2.50. The van der Waals surface area contributed by atoms with Crippen molar-refractivity contribution in [2.24, 2.45) is 0 Å². The zero-order chi connectivity index (χ0) is 13.8. The van der Waals surface area contributed by atoms with E-state index in [2.05, 4.69) is 21.8 Å². The molecule has 0 radical (unpaired) electrons. The van der Waals surface area contributed by atoms with Gasteiger partial charge < -0.3 is 4.90 Å². The van der Waals surface area contributed by atoms with Crippen molar-refractivity contribution in [3.8, 4) is 0 Å². The van der Waals surface area contributed by atoms with E-state index in [-0.39, 0.29) is 0 Å². The van der Waals surface area contributed by atoms with Gasteiger partial charge in [-0.1, -0.05) is 30.3 Å². The lowest BCUT2D eigenvalue weighted by Gasteiger charge is -2.30. The van der Waals surface area contributed by atoms with Gasteiger partial charge in [0.25, 0.3) is 0 Å². The van der Waals surface area contributed by atoms with Crippen molar-refractivity contribution >= 4 is 10.0 Å². The van der Waals surface area contributed by atoms with E-state index in [1.807, 2.05) is 39.1 Å². The van der Waals surface area contributed by atoms with Crippen LogP contribution in [0.1, 0.15) is 19.4 Å². The number of nitrogens with zero attached hydrogens (tertiary/aromatic N) is 1. The number of hydrogen-bond donors (Lipinski definition) is 1. The van der Waals surface area contributed by atoms with Gasteiger partial charge in [0.2, 0.25) is 10.0 Å². The molecule has 0 fully saturated rings. The molecule has 4 nitrogen and oxygen atoms in total. The first kappa shape index (κ1) is 15.1. The van der Waals surface area contributed by atoms with Gasteiger partial charge in [-0.05, 0) is 26.5 Å². The topological polar surface area (TPSA) is 49.4 Å². The molecule has 0 saturated heterocycles. The van der Waals surface area contributed by atoms with E-state index in [0.717, 1.165) is 6.54 Å². The summed E-state index contributed by atoms with van der Waals surface area (Å²) in [4.78, 5) is 2.10. The van der Waals surface area contributed by atoms with Gasteiger partial charge >= 0.3 is 0 Å². The molecule has 1 aromatic rings. The Morgan fingerprint density at radius 3 is 2.28 bits per heavy atom. The minimum atomic E-state index is -3.18. The summed E-state index contributed by atoms with van der Waals surface area (Å²) in [6.07, 6.45) is 1.19. The van der Waals surface area contributed by atoms with Crippen molar-refractivity contribution in [2.45, 2.75) is 25.9 Å². The van der Waals surface area contributed by atoms with Crippen LogP contribution in [0.3, 0.4) is 0 Å². The van der Waals surface area contributed by atoms with Crippen LogP contribution in [0.25, 0.3) is 0 Å². The number of sulfonamides is 1. The molecule has 0 aliphatic rings.